The lowest BCUT2D eigenvalue weighted by molar-refractivity contribution is -0.153. The molecule has 0 aromatic heterocycles. The zero-order valence-electron chi connectivity index (χ0n) is 13.3. The largest absolute Gasteiger partial charge is 0.458 e. The van der Waals surface area contributed by atoms with E-state index in [0.717, 1.165) is 11.1 Å². The van der Waals surface area contributed by atoms with Gasteiger partial charge in [0.15, 0.2) is 0 Å². The lowest BCUT2D eigenvalue weighted by Gasteiger charge is -2.24. The molecule has 0 fully saturated rings. The Bertz CT molecular complexity index is 579. The van der Waals surface area contributed by atoms with Gasteiger partial charge in [-0.25, -0.2) is 0 Å². The van der Waals surface area contributed by atoms with E-state index in [1.54, 1.807) is 0 Å². The molecule has 4 heteroatoms. The van der Waals surface area contributed by atoms with Crippen LogP contribution in [0, 0.1) is 0 Å². The summed E-state index contributed by atoms with van der Waals surface area (Å²) in [6.45, 7) is 2.75. The molecular weight excluding hydrogens is 292 g/mol. The average Bonchev–Trinajstić information content (AvgIpc) is 2.54. The van der Waals surface area contributed by atoms with Crippen molar-refractivity contribution in [2.45, 2.75) is 32.5 Å². The van der Waals surface area contributed by atoms with E-state index in [0.29, 0.717) is 6.42 Å². The first-order valence-corrected chi connectivity index (χ1v) is 7.50. The van der Waals surface area contributed by atoms with E-state index < -0.39 is 12.2 Å². The number of esters is 2. The van der Waals surface area contributed by atoms with Gasteiger partial charge >= 0.3 is 11.9 Å². The molecule has 0 heterocycles. The van der Waals surface area contributed by atoms with Crippen LogP contribution in [0.1, 0.15) is 43.6 Å². The number of hydrogen-bond acceptors (Lipinski definition) is 4. The van der Waals surface area contributed by atoms with Crippen LogP contribution in [0.3, 0.4) is 0 Å². The van der Waals surface area contributed by atoms with Gasteiger partial charge < -0.3 is 9.47 Å². The first kappa shape index (κ1) is 16.7. The highest BCUT2D eigenvalue weighted by Gasteiger charge is 2.24. The van der Waals surface area contributed by atoms with E-state index in [1.807, 2.05) is 60.7 Å². The van der Waals surface area contributed by atoms with Crippen molar-refractivity contribution >= 4 is 11.9 Å². The van der Waals surface area contributed by atoms with Crippen LogP contribution < -0.4 is 0 Å². The summed E-state index contributed by atoms with van der Waals surface area (Å²) in [5, 5.41) is 0. The van der Waals surface area contributed by atoms with Crippen molar-refractivity contribution in [3.05, 3.63) is 71.8 Å². The molecule has 4 nitrogen and oxygen atoms in total. The second-order valence-corrected chi connectivity index (χ2v) is 5.25. The summed E-state index contributed by atoms with van der Waals surface area (Å²) >= 11 is 0. The Morgan fingerprint density at radius 3 is 1.39 bits per heavy atom. The van der Waals surface area contributed by atoms with Gasteiger partial charge in [0.2, 0.25) is 0 Å². The predicted molar refractivity (Wildman–Crippen MR) is 86.5 cm³/mol. The summed E-state index contributed by atoms with van der Waals surface area (Å²) in [6, 6.07) is 18.9. The van der Waals surface area contributed by atoms with Gasteiger partial charge in [0.25, 0.3) is 0 Å². The molecule has 120 valence electrons. The molecule has 0 bridgehead atoms. The van der Waals surface area contributed by atoms with Gasteiger partial charge in [0, 0.05) is 20.3 Å². The topological polar surface area (TPSA) is 52.6 Å². The minimum absolute atomic E-state index is 0.367. The fourth-order valence-corrected chi connectivity index (χ4v) is 2.43. The van der Waals surface area contributed by atoms with Gasteiger partial charge in [-0.05, 0) is 11.1 Å². The molecule has 0 aliphatic rings. The molecule has 0 radical (unpaired) electrons. The van der Waals surface area contributed by atoms with Crippen LogP contribution in [0.4, 0.5) is 0 Å². The summed E-state index contributed by atoms with van der Waals surface area (Å²) in [5.41, 5.74) is 1.74. The summed E-state index contributed by atoms with van der Waals surface area (Å²) in [5.74, 6) is -0.734. The zero-order valence-corrected chi connectivity index (χ0v) is 13.3. The van der Waals surface area contributed by atoms with Crippen molar-refractivity contribution in [1.29, 1.82) is 0 Å². The summed E-state index contributed by atoms with van der Waals surface area (Å²) < 4.78 is 10.9. The molecule has 2 rings (SSSR count). The van der Waals surface area contributed by atoms with Crippen LogP contribution >= 0.6 is 0 Å². The molecular formula is C19H20O4. The van der Waals surface area contributed by atoms with Crippen molar-refractivity contribution in [1.82, 2.24) is 0 Å². The Hall–Kier alpha value is -2.62. The van der Waals surface area contributed by atoms with E-state index in [4.69, 9.17) is 9.47 Å². The van der Waals surface area contributed by atoms with Crippen LogP contribution in [0.25, 0.3) is 0 Å². The molecule has 23 heavy (non-hydrogen) atoms. The Balaban J connectivity index is 2.26. The first-order valence-electron chi connectivity index (χ1n) is 7.50. The summed E-state index contributed by atoms with van der Waals surface area (Å²) in [6.07, 6.45) is -0.579. The van der Waals surface area contributed by atoms with Crippen LogP contribution in [0.15, 0.2) is 60.7 Å². The van der Waals surface area contributed by atoms with Crippen molar-refractivity contribution in [3.63, 3.8) is 0 Å². The zero-order chi connectivity index (χ0) is 16.7. The monoisotopic (exact) mass is 312 g/mol. The van der Waals surface area contributed by atoms with Crippen molar-refractivity contribution < 1.29 is 19.1 Å². The molecule has 2 aromatic rings. The molecule has 0 N–H and O–H groups in total. The summed E-state index contributed by atoms with van der Waals surface area (Å²) in [4.78, 5) is 22.9. The van der Waals surface area contributed by atoms with Gasteiger partial charge in [-0.2, -0.15) is 0 Å². The van der Waals surface area contributed by atoms with Crippen molar-refractivity contribution in [3.8, 4) is 0 Å². The third-order valence-electron chi connectivity index (χ3n) is 3.39. The highest BCUT2D eigenvalue weighted by molar-refractivity contribution is 5.67. The average molecular weight is 312 g/mol. The molecule has 2 atom stereocenters. The summed E-state index contributed by atoms with van der Waals surface area (Å²) in [7, 11) is 0. The van der Waals surface area contributed by atoms with E-state index in [2.05, 4.69) is 0 Å². The van der Waals surface area contributed by atoms with Crippen LogP contribution in [0.2, 0.25) is 0 Å². The maximum Gasteiger partial charge on any atom is 0.303 e. The fraction of sp³-hybridized carbons (Fsp3) is 0.263. The third kappa shape index (κ3) is 5.25. The van der Waals surface area contributed by atoms with Gasteiger partial charge in [0.1, 0.15) is 12.2 Å². The fourth-order valence-electron chi connectivity index (χ4n) is 2.43. The highest BCUT2D eigenvalue weighted by Crippen LogP contribution is 2.32. The van der Waals surface area contributed by atoms with Gasteiger partial charge in [-0.15, -0.1) is 0 Å². The highest BCUT2D eigenvalue weighted by atomic mass is 16.6. The Labute approximate surface area is 136 Å². The lowest BCUT2D eigenvalue weighted by Crippen LogP contribution is -2.16. The Morgan fingerprint density at radius 2 is 1.09 bits per heavy atom. The third-order valence-corrected chi connectivity index (χ3v) is 3.39. The quantitative estimate of drug-likeness (QED) is 0.757. The maximum atomic E-state index is 11.4. The number of hydrogen-bond donors (Lipinski definition) is 0. The molecule has 0 spiro atoms. The molecule has 0 saturated heterocycles. The van der Waals surface area contributed by atoms with E-state index in [9.17, 15) is 9.59 Å². The Kier molecular flexibility index (Phi) is 5.92. The normalized spacial score (nSPS) is 13.0. The predicted octanol–water partition coefficient (Wildman–Crippen LogP) is 3.99. The Morgan fingerprint density at radius 1 is 0.739 bits per heavy atom. The second-order valence-electron chi connectivity index (χ2n) is 5.25. The molecule has 0 unspecified atom stereocenters. The second kappa shape index (κ2) is 8.13. The molecule has 0 amide bonds. The van der Waals surface area contributed by atoms with Gasteiger partial charge in [-0.3, -0.25) is 9.59 Å². The minimum atomic E-state index is -0.474. The van der Waals surface area contributed by atoms with Crippen molar-refractivity contribution in [2.75, 3.05) is 0 Å². The SMILES string of the molecule is CC(=O)O[C@@H](C[C@H](OC(C)=O)c1ccccc1)c1ccccc1. The maximum absolute atomic E-state index is 11.4. The molecule has 0 saturated carbocycles. The number of benzene rings is 2. The number of ether oxygens (including phenoxy) is 2. The first-order chi connectivity index (χ1) is 11.1. The van der Waals surface area contributed by atoms with Crippen LogP contribution in [0.5, 0.6) is 0 Å². The smallest absolute Gasteiger partial charge is 0.303 e. The lowest BCUT2D eigenvalue weighted by atomic mass is 9.98. The standard InChI is InChI=1S/C19H20O4/c1-14(20)22-18(16-9-5-3-6-10-16)13-19(23-15(2)21)17-11-7-4-8-12-17/h3-12,18-19H,13H2,1-2H3/t18-,19-/m0/s1. The van der Waals surface area contributed by atoms with E-state index in [-0.39, 0.29) is 11.9 Å². The van der Waals surface area contributed by atoms with E-state index in [1.165, 1.54) is 13.8 Å². The van der Waals surface area contributed by atoms with Gasteiger partial charge in [-0.1, -0.05) is 60.7 Å². The number of rotatable bonds is 6. The molecule has 2 aromatic carbocycles. The van der Waals surface area contributed by atoms with Gasteiger partial charge in [0.05, 0.1) is 0 Å². The van der Waals surface area contributed by atoms with Crippen LogP contribution in [-0.4, -0.2) is 11.9 Å². The molecule has 0 aliphatic carbocycles. The number of carbonyl (C=O) groups is 2. The van der Waals surface area contributed by atoms with Crippen molar-refractivity contribution in [2.24, 2.45) is 0 Å². The van der Waals surface area contributed by atoms with Crippen LogP contribution in [-0.2, 0) is 19.1 Å². The minimum Gasteiger partial charge on any atom is -0.458 e. The molecule has 0 aliphatic heterocycles. The number of carbonyl (C=O) groups excluding carboxylic acids is 2. The van der Waals surface area contributed by atoms with E-state index >= 15 is 0 Å².